The summed E-state index contributed by atoms with van der Waals surface area (Å²) >= 11 is 0. The molecule has 3 N–H and O–H groups in total. The maximum atomic E-state index is 12.0. The van der Waals surface area contributed by atoms with Crippen LogP contribution >= 0.6 is 0 Å². The first kappa shape index (κ1) is 15.5. The summed E-state index contributed by atoms with van der Waals surface area (Å²) in [6, 6.07) is 0.194. The van der Waals surface area contributed by atoms with Crippen LogP contribution in [0.2, 0.25) is 0 Å². The molecule has 0 saturated carbocycles. The molecule has 1 rings (SSSR count). The fraction of sp³-hybridized carbons (Fsp3) is 0.692. The third kappa shape index (κ3) is 4.24. The van der Waals surface area contributed by atoms with E-state index >= 15 is 0 Å². The summed E-state index contributed by atoms with van der Waals surface area (Å²) in [6.07, 6.45) is 1.70. The van der Waals surface area contributed by atoms with Crippen LogP contribution in [0.25, 0.3) is 0 Å². The number of likely N-dealkylation sites (N-methyl/N-ethyl adjacent to an activating group) is 1. The maximum Gasteiger partial charge on any atom is 0.273 e. The van der Waals surface area contributed by atoms with Gasteiger partial charge in [-0.1, -0.05) is 13.8 Å². The average Bonchev–Trinajstić information content (AvgIpc) is 2.77. The van der Waals surface area contributed by atoms with Crippen LogP contribution < -0.4 is 11.1 Å². The molecule has 1 heterocycles. The van der Waals surface area contributed by atoms with E-state index in [1.165, 1.54) is 0 Å². The average molecular weight is 267 g/mol. The highest BCUT2D eigenvalue weighted by Gasteiger charge is 2.15. The number of hydrogen-bond acceptors (Lipinski definition) is 4. The van der Waals surface area contributed by atoms with Crippen LogP contribution in [-0.4, -0.2) is 46.8 Å². The second-order valence-corrected chi connectivity index (χ2v) is 4.79. The molecule has 6 nitrogen and oxygen atoms in total. The Morgan fingerprint density at radius 3 is 2.58 bits per heavy atom. The molecule has 1 aromatic heterocycles. The van der Waals surface area contributed by atoms with Gasteiger partial charge in [0, 0.05) is 25.3 Å². The molecule has 0 aliphatic heterocycles. The Hall–Kier alpha value is -1.56. The van der Waals surface area contributed by atoms with E-state index in [0.29, 0.717) is 17.9 Å². The number of nitrogens with two attached hydrogens (primary N) is 1. The normalized spacial score (nSPS) is 11.3. The van der Waals surface area contributed by atoms with E-state index in [1.807, 2.05) is 13.8 Å². The van der Waals surface area contributed by atoms with Crippen LogP contribution in [0, 0.1) is 0 Å². The molecule has 0 aliphatic carbocycles. The summed E-state index contributed by atoms with van der Waals surface area (Å²) in [5.41, 5.74) is 6.55. The maximum absolute atomic E-state index is 12.0. The fourth-order valence-electron chi connectivity index (χ4n) is 1.80. The quantitative estimate of drug-likeness (QED) is 0.776. The van der Waals surface area contributed by atoms with E-state index in [0.717, 1.165) is 19.6 Å². The molecule has 0 spiro atoms. The van der Waals surface area contributed by atoms with E-state index < -0.39 is 0 Å². The second-order valence-electron chi connectivity index (χ2n) is 4.79. The molecule has 0 radical (unpaired) electrons. The first-order valence-electron chi connectivity index (χ1n) is 6.84. The number of aromatic nitrogens is 2. The summed E-state index contributed by atoms with van der Waals surface area (Å²) in [4.78, 5) is 14.2. The predicted octanol–water partition coefficient (Wildman–Crippen LogP) is 1.12. The third-order valence-corrected chi connectivity index (χ3v) is 3.11. The largest absolute Gasteiger partial charge is 0.396 e. The number of nitrogens with one attached hydrogen (secondary N) is 1. The molecule has 6 heteroatoms. The molecular weight excluding hydrogens is 242 g/mol. The molecule has 108 valence electrons. The Kier molecular flexibility index (Phi) is 5.82. The Morgan fingerprint density at radius 2 is 2.11 bits per heavy atom. The van der Waals surface area contributed by atoms with Crippen molar-refractivity contribution in [3.63, 3.8) is 0 Å². The van der Waals surface area contributed by atoms with Crippen molar-refractivity contribution in [1.82, 2.24) is 20.0 Å². The van der Waals surface area contributed by atoms with Gasteiger partial charge in [0.25, 0.3) is 5.91 Å². The van der Waals surface area contributed by atoms with Gasteiger partial charge in [-0.25, -0.2) is 0 Å². The SMILES string of the molecule is CCN(CC)CCNC(=O)c1nn(C(C)C)cc1N. The van der Waals surface area contributed by atoms with Gasteiger partial charge in [0.2, 0.25) is 0 Å². The number of anilines is 1. The molecule has 19 heavy (non-hydrogen) atoms. The molecule has 0 fully saturated rings. The molecular formula is C13H25N5O. The van der Waals surface area contributed by atoms with E-state index in [-0.39, 0.29) is 11.9 Å². The lowest BCUT2D eigenvalue weighted by atomic mass is 10.3. The van der Waals surface area contributed by atoms with Gasteiger partial charge in [-0.05, 0) is 26.9 Å². The smallest absolute Gasteiger partial charge is 0.273 e. The zero-order chi connectivity index (χ0) is 14.4. The molecule has 0 bridgehead atoms. The first-order valence-corrected chi connectivity index (χ1v) is 6.84. The Labute approximate surface area is 114 Å². The lowest BCUT2D eigenvalue weighted by Gasteiger charge is -2.17. The lowest BCUT2D eigenvalue weighted by Crippen LogP contribution is -2.35. The van der Waals surface area contributed by atoms with Gasteiger partial charge in [0.15, 0.2) is 5.69 Å². The van der Waals surface area contributed by atoms with Crippen LogP contribution in [-0.2, 0) is 0 Å². The summed E-state index contributed by atoms with van der Waals surface area (Å²) in [5.74, 6) is -0.205. The van der Waals surface area contributed by atoms with Crippen molar-refractivity contribution in [3.05, 3.63) is 11.9 Å². The number of carbonyl (C=O) groups is 1. The monoisotopic (exact) mass is 267 g/mol. The molecule has 0 unspecified atom stereocenters. The topological polar surface area (TPSA) is 76.2 Å². The third-order valence-electron chi connectivity index (χ3n) is 3.11. The van der Waals surface area contributed by atoms with E-state index in [1.54, 1.807) is 10.9 Å². The van der Waals surface area contributed by atoms with Crippen molar-refractivity contribution in [3.8, 4) is 0 Å². The van der Waals surface area contributed by atoms with Crippen molar-refractivity contribution in [1.29, 1.82) is 0 Å². The molecule has 0 aromatic carbocycles. The number of nitrogens with zero attached hydrogens (tertiary/aromatic N) is 3. The predicted molar refractivity (Wildman–Crippen MR) is 77.1 cm³/mol. The van der Waals surface area contributed by atoms with Crippen LogP contribution in [0.4, 0.5) is 5.69 Å². The second kappa shape index (κ2) is 7.13. The van der Waals surface area contributed by atoms with E-state index in [4.69, 9.17) is 5.73 Å². The van der Waals surface area contributed by atoms with Gasteiger partial charge in [0.05, 0.1) is 5.69 Å². The Bertz CT molecular complexity index is 409. The first-order chi connectivity index (χ1) is 8.99. The van der Waals surface area contributed by atoms with Crippen molar-refractivity contribution in [2.45, 2.75) is 33.7 Å². The molecule has 0 aliphatic rings. The Morgan fingerprint density at radius 1 is 1.47 bits per heavy atom. The number of amides is 1. The summed E-state index contributed by atoms with van der Waals surface area (Å²) < 4.78 is 1.70. The van der Waals surface area contributed by atoms with Crippen molar-refractivity contribution < 1.29 is 4.79 Å². The minimum atomic E-state index is -0.205. The number of carbonyl (C=O) groups excluding carboxylic acids is 1. The molecule has 0 atom stereocenters. The standard InChI is InChI=1S/C13H25N5O/c1-5-17(6-2)8-7-15-13(19)12-11(14)9-18(16-12)10(3)4/h9-10H,5-8,14H2,1-4H3,(H,15,19). The fourth-order valence-corrected chi connectivity index (χ4v) is 1.80. The van der Waals surface area contributed by atoms with Crippen molar-refractivity contribution >= 4 is 11.6 Å². The van der Waals surface area contributed by atoms with Gasteiger partial charge >= 0.3 is 0 Å². The zero-order valence-corrected chi connectivity index (χ0v) is 12.3. The van der Waals surface area contributed by atoms with Crippen LogP contribution in [0.3, 0.4) is 0 Å². The molecule has 0 saturated heterocycles. The van der Waals surface area contributed by atoms with E-state index in [9.17, 15) is 4.79 Å². The summed E-state index contributed by atoms with van der Waals surface area (Å²) in [7, 11) is 0. The number of nitrogen functional groups attached to an aromatic ring is 1. The van der Waals surface area contributed by atoms with Crippen LogP contribution in [0.5, 0.6) is 0 Å². The summed E-state index contributed by atoms with van der Waals surface area (Å²) in [5, 5.41) is 7.07. The van der Waals surface area contributed by atoms with Crippen LogP contribution in [0.15, 0.2) is 6.20 Å². The van der Waals surface area contributed by atoms with Gasteiger partial charge in [-0.15, -0.1) is 0 Å². The van der Waals surface area contributed by atoms with Gasteiger partial charge in [-0.2, -0.15) is 5.10 Å². The van der Waals surface area contributed by atoms with Gasteiger partial charge in [0.1, 0.15) is 0 Å². The van der Waals surface area contributed by atoms with Crippen molar-refractivity contribution in [2.75, 3.05) is 31.9 Å². The summed E-state index contributed by atoms with van der Waals surface area (Å²) in [6.45, 7) is 11.6. The highest BCUT2D eigenvalue weighted by atomic mass is 16.2. The Balaban J connectivity index is 2.54. The minimum Gasteiger partial charge on any atom is -0.396 e. The van der Waals surface area contributed by atoms with Crippen molar-refractivity contribution in [2.24, 2.45) is 0 Å². The van der Waals surface area contributed by atoms with Gasteiger partial charge in [-0.3, -0.25) is 9.48 Å². The number of hydrogen-bond donors (Lipinski definition) is 2. The molecule has 1 aromatic rings. The van der Waals surface area contributed by atoms with Gasteiger partial charge < -0.3 is 16.0 Å². The van der Waals surface area contributed by atoms with E-state index in [2.05, 4.69) is 29.2 Å². The molecule has 1 amide bonds. The lowest BCUT2D eigenvalue weighted by molar-refractivity contribution is 0.0944. The highest BCUT2D eigenvalue weighted by Crippen LogP contribution is 2.12. The van der Waals surface area contributed by atoms with Crippen LogP contribution in [0.1, 0.15) is 44.2 Å². The number of rotatable bonds is 7. The highest BCUT2D eigenvalue weighted by molar-refractivity contribution is 5.96. The minimum absolute atomic E-state index is 0.194. The zero-order valence-electron chi connectivity index (χ0n) is 12.3.